The lowest BCUT2D eigenvalue weighted by Gasteiger charge is -2.17. The van der Waals surface area contributed by atoms with Crippen LogP contribution in [-0.2, 0) is 9.53 Å². The molecule has 0 aliphatic carbocycles. The van der Waals surface area contributed by atoms with Crippen LogP contribution >= 0.6 is 0 Å². The molecular weight excluding hydrogens is 212 g/mol. The van der Waals surface area contributed by atoms with Crippen molar-refractivity contribution >= 4 is 12.5 Å². The van der Waals surface area contributed by atoms with Crippen molar-refractivity contribution < 1.29 is 14.3 Å². The molecule has 0 unspecified atom stereocenters. The fraction of sp³-hybridized carbons (Fsp3) is 0.444. The second-order valence-corrected chi connectivity index (χ2v) is 2.65. The maximum atomic E-state index is 11.1. The van der Waals surface area contributed by atoms with Crippen LogP contribution in [0.2, 0.25) is 0 Å². The Hall–Kier alpha value is -2.23. The van der Waals surface area contributed by atoms with E-state index < -0.39 is 6.09 Å². The predicted molar refractivity (Wildman–Crippen MR) is 55.7 cm³/mol. The number of hydrogen-bond acceptors (Lipinski definition) is 5. The maximum Gasteiger partial charge on any atom is 0.412 e. The second-order valence-electron chi connectivity index (χ2n) is 2.65. The Labute approximate surface area is 93.7 Å². The van der Waals surface area contributed by atoms with E-state index in [-0.39, 0.29) is 18.1 Å². The lowest BCUT2D eigenvalue weighted by molar-refractivity contribution is -0.115. The van der Waals surface area contributed by atoms with Gasteiger partial charge in [0.2, 0.25) is 6.41 Å². The lowest BCUT2D eigenvalue weighted by atomic mass is 10.4. The van der Waals surface area contributed by atoms with E-state index in [2.05, 4.69) is 15.4 Å². The van der Waals surface area contributed by atoms with E-state index in [9.17, 15) is 9.59 Å². The zero-order valence-electron chi connectivity index (χ0n) is 9.40. The Morgan fingerprint density at radius 1 is 1.62 bits per heavy atom. The number of hydrogen-bond donors (Lipinski definition) is 2. The van der Waals surface area contributed by atoms with Gasteiger partial charge in [0.05, 0.1) is 6.61 Å². The molecule has 0 aliphatic heterocycles. The lowest BCUT2D eigenvalue weighted by Crippen LogP contribution is -2.33. The third-order valence-electron chi connectivity index (χ3n) is 1.60. The number of carbonyl (C=O) groups excluding carboxylic acids is 2. The van der Waals surface area contributed by atoms with Crippen molar-refractivity contribution in [2.24, 2.45) is 0 Å². The second kappa shape index (κ2) is 7.11. The van der Waals surface area contributed by atoms with E-state index in [0.29, 0.717) is 6.41 Å². The molecule has 0 aromatic rings. The van der Waals surface area contributed by atoms with Crippen molar-refractivity contribution in [3.63, 3.8) is 0 Å². The molecule has 88 valence electrons. The van der Waals surface area contributed by atoms with Gasteiger partial charge in [-0.1, -0.05) is 0 Å². The van der Waals surface area contributed by atoms with Gasteiger partial charge < -0.3 is 15.0 Å². The number of amides is 2. The Morgan fingerprint density at radius 2 is 2.25 bits per heavy atom. The molecule has 0 spiro atoms. The highest BCUT2D eigenvalue weighted by Crippen LogP contribution is 2.00. The van der Waals surface area contributed by atoms with Gasteiger partial charge in [-0.15, -0.1) is 0 Å². The Kier molecular flexibility index (Phi) is 6.12. The number of rotatable bonds is 5. The van der Waals surface area contributed by atoms with Gasteiger partial charge in [0, 0.05) is 14.1 Å². The van der Waals surface area contributed by atoms with Crippen LogP contribution in [0.15, 0.2) is 11.5 Å². The van der Waals surface area contributed by atoms with Gasteiger partial charge in [-0.05, 0) is 6.92 Å². The maximum absolute atomic E-state index is 11.1. The minimum Gasteiger partial charge on any atom is -0.450 e. The van der Waals surface area contributed by atoms with Gasteiger partial charge in [-0.2, -0.15) is 5.26 Å². The summed E-state index contributed by atoms with van der Waals surface area (Å²) in [5.41, 5.74) is -0.0875. The van der Waals surface area contributed by atoms with Crippen LogP contribution in [0.1, 0.15) is 6.92 Å². The van der Waals surface area contributed by atoms with E-state index in [1.807, 2.05) is 0 Å². The quantitative estimate of drug-likeness (QED) is 0.497. The normalized spacial score (nSPS) is 10.6. The molecule has 2 N–H and O–H groups in total. The highest BCUT2D eigenvalue weighted by Gasteiger charge is 2.12. The fourth-order valence-corrected chi connectivity index (χ4v) is 0.940. The van der Waals surface area contributed by atoms with Crippen molar-refractivity contribution in [2.75, 3.05) is 20.7 Å². The van der Waals surface area contributed by atoms with Crippen LogP contribution in [0.25, 0.3) is 0 Å². The zero-order chi connectivity index (χ0) is 12.6. The molecule has 0 rings (SSSR count). The number of allylic oxidation sites excluding steroid dienone is 1. The van der Waals surface area contributed by atoms with E-state index in [0.717, 1.165) is 4.90 Å². The highest BCUT2D eigenvalue weighted by atomic mass is 16.5. The largest absolute Gasteiger partial charge is 0.450 e. The molecule has 7 nitrogen and oxygen atoms in total. The topological polar surface area (TPSA) is 94.5 Å². The summed E-state index contributed by atoms with van der Waals surface area (Å²) < 4.78 is 4.61. The summed E-state index contributed by atoms with van der Waals surface area (Å²) in [6, 6.07) is 1.76. The molecule has 0 aromatic heterocycles. The number of alkyl carbamates (subject to hydrolysis) is 1. The van der Waals surface area contributed by atoms with Gasteiger partial charge in [0.1, 0.15) is 11.9 Å². The third kappa shape index (κ3) is 3.88. The van der Waals surface area contributed by atoms with Crippen molar-refractivity contribution in [2.45, 2.75) is 6.92 Å². The molecule has 0 saturated carbocycles. The van der Waals surface area contributed by atoms with E-state index in [1.54, 1.807) is 13.0 Å². The molecule has 0 atom stereocenters. The Bertz CT molecular complexity index is 332. The monoisotopic (exact) mass is 226 g/mol. The summed E-state index contributed by atoms with van der Waals surface area (Å²) in [7, 11) is 2.97. The third-order valence-corrected chi connectivity index (χ3v) is 1.60. The van der Waals surface area contributed by atoms with Crippen molar-refractivity contribution in [3.05, 3.63) is 11.5 Å². The molecule has 7 heteroatoms. The minimum absolute atomic E-state index is 0.0875. The van der Waals surface area contributed by atoms with Crippen LogP contribution in [0, 0.1) is 11.3 Å². The predicted octanol–water partition coefficient (Wildman–Crippen LogP) is -0.267. The summed E-state index contributed by atoms with van der Waals surface area (Å²) in [6.45, 7) is 1.84. The van der Waals surface area contributed by atoms with Crippen LogP contribution in [0.5, 0.6) is 0 Å². The van der Waals surface area contributed by atoms with Gasteiger partial charge in [0.25, 0.3) is 0 Å². The molecule has 0 aliphatic rings. The van der Waals surface area contributed by atoms with Crippen LogP contribution in [0.3, 0.4) is 0 Å². The minimum atomic E-state index is -0.744. The van der Waals surface area contributed by atoms with Gasteiger partial charge in [-0.25, -0.2) is 4.79 Å². The summed E-state index contributed by atoms with van der Waals surface area (Å²) in [5, 5.41) is 13.7. The first-order chi connectivity index (χ1) is 7.60. The van der Waals surface area contributed by atoms with Gasteiger partial charge in [-0.3, -0.25) is 10.1 Å². The van der Waals surface area contributed by atoms with Crippen molar-refractivity contribution in [1.82, 2.24) is 15.5 Å². The van der Waals surface area contributed by atoms with Crippen LogP contribution in [0.4, 0.5) is 4.79 Å². The average Bonchev–Trinajstić information content (AvgIpc) is 2.28. The molecule has 0 bridgehead atoms. The van der Waals surface area contributed by atoms with E-state index >= 15 is 0 Å². The molecule has 2 amide bonds. The molecule has 0 heterocycles. The van der Waals surface area contributed by atoms with Crippen LogP contribution in [-0.4, -0.2) is 38.1 Å². The first kappa shape index (κ1) is 13.8. The summed E-state index contributed by atoms with van der Waals surface area (Å²) >= 11 is 0. The summed E-state index contributed by atoms with van der Waals surface area (Å²) in [4.78, 5) is 22.8. The molecule has 0 radical (unpaired) electrons. The zero-order valence-corrected chi connectivity index (χ0v) is 9.40. The first-order valence-corrected chi connectivity index (χ1v) is 4.54. The number of nitrogens with zero attached hydrogens (tertiary/aromatic N) is 2. The Morgan fingerprint density at radius 3 is 2.62 bits per heavy atom. The van der Waals surface area contributed by atoms with Crippen molar-refractivity contribution in [1.29, 1.82) is 5.26 Å². The summed E-state index contributed by atoms with van der Waals surface area (Å²) in [6.07, 6.45) is -0.234. The molecule has 0 saturated heterocycles. The number of ether oxygens (including phenoxy) is 1. The molecular formula is C9H14N4O3. The van der Waals surface area contributed by atoms with E-state index in [4.69, 9.17) is 5.26 Å². The molecule has 16 heavy (non-hydrogen) atoms. The van der Waals surface area contributed by atoms with Crippen LogP contribution < -0.4 is 10.6 Å². The fourth-order valence-electron chi connectivity index (χ4n) is 0.940. The van der Waals surface area contributed by atoms with Crippen molar-refractivity contribution in [3.8, 4) is 6.07 Å². The number of nitriles is 1. The van der Waals surface area contributed by atoms with Gasteiger partial charge in [0.15, 0.2) is 5.70 Å². The van der Waals surface area contributed by atoms with Gasteiger partial charge >= 0.3 is 6.09 Å². The Balaban J connectivity index is 4.91. The average molecular weight is 226 g/mol. The number of carbonyl (C=O) groups is 2. The van der Waals surface area contributed by atoms with E-state index in [1.165, 1.54) is 14.1 Å². The summed E-state index contributed by atoms with van der Waals surface area (Å²) in [5.74, 6) is 0.186. The molecule has 0 aromatic carbocycles. The smallest absolute Gasteiger partial charge is 0.412 e. The number of nitrogens with one attached hydrogen (secondary N) is 2. The molecule has 0 fully saturated rings. The standard InChI is InChI=1S/C9H14N4O3/c1-4-16-9(15)12-7(5-10)8(11-2)13(3)6-14/h6,11H,4H2,1-3H3,(H,12,15)/b8-7-. The highest BCUT2D eigenvalue weighted by molar-refractivity contribution is 5.71. The SMILES string of the molecule is CCOC(=O)N/C(C#N)=C(/NC)N(C)C=O. The first-order valence-electron chi connectivity index (χ1n) is 4.54.